The number of nitrogens with one attached hydrogen (secondary N) is 4. The summed E-state index contributed by atoms with van der Waals surface area (Å²) >= 11 is 0. The van der Waals surface area contributed by atoms with E-state index in [-0.39, 0.29) is 29.2 Å². The third-order valence-electron chi connectivity index (χ3n) is 8.40. The Hall–Kier alpha value is -7.64. The average molecular weight is 755 g/mol. The summed E-state index contributed by atoms with van der Waals surface area (Å²) in [6.07, 6.45) is -0.311. The maximum atomic E-state index is 14.1. The average Bonchev–Trinajstić information content (AvgIpc) is 3.14. The van der Waals surface area contributed by atoms with Gasteiger partial charge in [-0.1, -0.05) is 36.4 Å². The lowest BCUT2D eigenvalue weighted by molar-refractivity contribution is -0.393. The molecule has 55 heavy (non-hydrogen) atoms. The van der Waals surface area contributed by atoms with Crippen LogP contribution < -0.4 is 21.5 Å². The summed E-state index contributed by atoms with van der Waals surface area (Å²) < 4.78 is 0. The monoisotopic (exact) mass is 754 g/mol. The van der Waals surface area contributed by atoms with Gasteiger partial charge in [-0.3, -0.25) is 60.9 Å². The van der Waals surface area contributed by atoms with Crippen LogP contribution in [0.2, 0.25) is 0 Å². The lowest BCUT2D eigenvalue weighted by Crippen LogP contribution is -2.37. The van der Waals surface area contributed by atoms with Crippen LogP contribution in [-0.4, -0.2) is 42.9 Å². The van der Waals surface area contributed by atoms with E-state index in [4.69, 9.17) is 0 Å². The minimum absolute atomic E-state index is 0.0409. The molecule has 20 nitrogen and oxygen atoms in total. The highest BCUT2D eigenvalue weighted by atomic mass is 16.6. The first-order valence-corrected chi connectivity index (χ1v) is 16.3. The van der Waals surface area contributed by atoms with Gasteiger partial charge in [-0.15, -0.1) is 0 Å². The number of non-ortho nitro benzene ring substituents is 2. The Kier molecular flexibility index (Phi) is 12.9. The molecule has 4 N–H and O–H groups in total. The summed E-state index contributed by atoms with van der Waals surface area (Å²) in [5, 5.41) is 60.1. The van der Waals surface area contributed by atoms with Crippen molar-refractivity contribution in [3.05, 3.63) is 137 Å². The number of amides is 2. The molecule has 0 aliphatic rings. The lowest BCUT2D eigenvalue weighted by atomic mass is 9.87. The molecule has 0 fully saturated rings. The van der Waals surface area contributed by atoms with Crippen LogP contribution >= 0.6 is 0 Å². The summed E-state index contributed by atoms with van der Waals surface area (Å²) in [5.41, 5.74) is 4.63. The Morgan fingerprint density at radius 2 is 0.927 bits per heavy atom. The van der Waals surface area contributed by atoms with Gasteiger partial charge in [0, 0.05) is 34.9 Å². The van der Waals surface area contributed by atoms with Crippen LogP contribution in [0.15, 0.2) is 95.1 Å². The minimum atomic E-state index is -1.24. The van der Waals surface area contributed by atoms with Crippen LogP contribution in [0.4, 0.5) is 45.5 Å². The Bertz CT molecular complexity index is 2090. The van der Waals surface area contributed by atoms with Gasteiger partial charge in [0.1, 0.15) is 11.4 Å². The van der Waals surface area contributed by atoms with Crippen LogP contribution in [0.5, 0.6) is 0 Å². The number of anilines is 4. The van der Waals surface area contributed by atoms with Gasteiger partial charge in [0.2, 0.25) is 11.8 Å². The lowest BCUT2D eigenvalue weighted by Gasteiger charge is -2.24. The maximum absolute atomic E-state index is 14.1. The second-order valence-corrected chi connectivity index (χ2v) is 12.1. The van der Waals surface area contributed by atoms with E-state index in [0.717, 1.165) is 36.4 Å². The molecule has 0 radical (unpaired) electrons. The number of hydrazone groups is 2. The summed E-state index contributed by atoms with van der Waals surface area (Å²) in [7, 11) is 0. The van der Waals surface area contributed by atoms with Gasteiger partial charge in [-0.2, -0.15) is 10.2 Å². The first-order chi connectivity index (χ1) is 26.1. The van der Waals surface area contributed by atoms with Crippen LogP contribution in [0.25, 0.3) is 0 Å². The first kappa shape index (κ1) is 40.1. The van der Waals surface area contributed by atoms with Crippen molar-refractivity contribution in [3.8, 4) is 0 Å². The molecule has 0 spiro atoms. The van der Waals surface area contributed by atoms with Crippen molar-refractivity contribution >= 4 is 68.7 Å². The number of nitrogens with zero attached hydrogens (tertiary/aromatic N) is 6. The third-order valence-corrected chi connectivity index (χ3v) is 8.40. The summed E-state index contributed by atoms with van der Waals surface area (Å²) in [6.45, 7) is 6.40. The van der Waals surface area contributed by atoms with Crippen LogP contribution in [-0.2, 0) is 9.59 Å². The number of benzene rings is 4. The van der Waals surface area contributed by atoms with Crippen molar-refractivity contribution in [1.82, 2.24) is 0 Å². The molecule has 4 rings (SSSR count). The van der Waals surface area contributed by atoms with E-state index in [0.29, 0.717) is 22.5 Å². The minimum Gasteiger partial charge on any atom is -0.325 e. The normalized spacial score (nSPS) is 12.5. The van der Waals surface area contributed by atoms with E-state index >= 15 is 0 Å². The molecule has 20 heteroatoms. The summed E-state index contributed by atoms with van der Waals surface area (Å²) in [5.74, 6) is -3.74. The van der Waals surface area contributed by atoms with Crippen molar-refractivity contribution in [2.24, 2.45) is 22.0 Å². The van der Waals surface area contributed by atoms with Crippen LogP contribution in [0.3, 0.4) is 0 Å². The van der Waals surface area contributed by atoms with E-state index < -0.39 is 66.1 Å². The topological polar surface area (TPSA) is 280 Å². The van der Waals surface area contributed by atoms with E-state index in [9.17, 15) is 50.0 Å². The van der Waals surface area contributed by atoms with Gasteiger partial charge in [0.05, 0.1) is 43.7 Å². The summed E-state index contributed by atoms with van der Waals surface area (Å²) in [6, 6.07) is 19.5. The Morgan fingerprint density at radius 3 is 1.25 bits per heavy atom. The number of nitro groups is 4. The van der Waals surface area contributed by atoms with E-state index in [1.807, 2.05) is 0 Å². The van der Waals surface area contributed by atoms with Gasteiger partial charge < -0.3 is 10.6 Å². The van der Waals surface area contributed by atoms with Gasteiger partial charge >= 0.3 is 11.4 Å². The number of carbonyl (C=O) groups excluding carboxylic acids is 2. The third kappa shape index (κ3) is 10.2. The molecule has 0 unspecified atom stereocenters. The highest BCUT2D eigenvalue weighted by Gasteiger charge is 2.33. The van der Waals surface area contributed by atoms with Crippen LogP contribution in [0.1, 0.15) is 31.4 Å². The molecule has 284 valence electrons. The van der Waals surface area contributed by atoms with Crippen molar-refractivity contribution < 1.29 is 29.3 Å². The first-order valence-electron chi connectivity index (χ1n) is 16.3. The number of para-hydroxylation sites is 2. The van der Waals surface area contributed by atoms with Crippen molar-refractivity contribution in [2.75, 3.05) is 21.5 Å². The molecule has 2 amide bonds. The fraction of sp³-hybridized carbons (Fsp3) is 0.200. The number of hydrogen-bond acceptors (Lipinski definition) is 14. The molecule has 2 atom stereocenters. The molecule has 0 aromatic heterocycles. The van der Waals surface area contributed by atoms with E-state index in [1.54, 1.807) is 62.4 Å². The number of rotatable bonds is 16. The fourth-order valence-corrected chi connectivity index (χ4v) is 5.25. The smallest absolute Gasteiger partial charge is 0.301 e. The second-order valence-electron chi connectivity index (χ2n) is 12.1. The molecule has 0 aliphatic heterocycles. The van der Waals surface area contributed by atoms with Crippen LogP contribution in [0, 0.1) is 66.1 Å². The van der Waals surface area contributed by atoms with E-state index in [2.05, 4.69) is 31.7 Å². The molecule has 0 bridgehead atoms. The molecule has 4 aromatic carbocycles. The predicted octanol–water partition coefficient (Wildman–Crippen LogP) is 7.11. The number of aryl methyl sites for hydroxylation is 2. The zero-order valence-electron chi connectivity index (χ0n) is 29.7. The Labute approximate surface area is 311 Å². The van der Waals surface area contributed by atoms with Crippen molar-refractivity contribution in [1.29, 1.82) is 0 Å². The molecular weight excluding hydrogens is 720 g/mol. The maximum Gasteiger partial charge on any atom is 0.301 e. The quantitative estimate of drug-likeness (QED) is 0.0506. The zero-order chi connectivity index (χ0) is 40.4. The van der Waals surface area contributed by atoms with Crippen molar-refractivity contribution in [2.45, 2.75) is 34.1 Å². The largest absolute Gasteiger partial charge is 0.325 e. The number of carbonyl (C=O) groups is 2. The zero-order valence-corrected chi connectivity index (χ0v) is 29.7. The molecule has 0 heterocycles. The molecule has 0 saturated carbocycles. The number of hydrogen-bond donors (Lipinski definition) is 4. The fourth-order valence-electron chi connectivity index (χ4n) is 5.25. The highest BCUT2D eigenvalue weighted by molar-refractivity contribution is 6.12. The molecule has 0 aliphatic carbocycles. The van der Waals surface area contributed by atoms with Gasteiger partial charge in [-0.05, 0) is 69.5 Å². The Morgan fingerprint density at radius 1 is 0.564 bits per heavy atom. The summed E-state index contributed by atoms with van der Waals surface area (Å²) in [4.78, 5) is 70.9. The van der Waals surface area contributed by atoms with Gasteiger partial charge in [-0.25, -0.2) is 0 Å². The standard InChI is InChI=1S/C35H34N10O10/c1-20-9-5-7-11-28(20)36-34(46)26(22(3)38-40-30-15-13-24(42(48)49)17-32(30)44(52)53)19-27(35(47)37-29-12-8-6-10-21(29)2)23(4)39-41-31-16-14-25(43(50)51)18-33(31)45(54)55/h5-18,26-27,40-41H,19H2,1-4H3,(H,36,46)(H,37,47)/b38-22-,39-23-/t26-,27-/m0/s1. The second kappa shape index (κ2) is 17.7. The molecular formula is C35H34N10O10. The van der Waals surface area contributed by atoms with Crippen molar-refractivity contribution in [3.63, 3.8) is 0 Å². The molecule has 0 saturated heterocycles. The predicted molar refractivity (Wildman–Crippen MR) is 204 cm³/mol. The Balaban J connectivity index is 1.78. The van der Waals surface area contributed by atoms with E-state index in [1.165, 1.54) is 13.8 Å². The highest BCUT2D eigenvalue weighted by Crippen LogP contribution is 2.31. The SMILES string of the molecule is C/C(=N/Nc1ccc([N+](=O)[O-])cc1[N+](=O)[O-])[C@H](C[C@H](C(=O)Nc1ccccc1C)/C(C)=N\Nc1ccc([N+](=O)[O-])cc1[N+](=O)[O-])C(=O)Nc1ccccc1C. The van der Waals surface area contributed by atoms with Gasteiger partial charge in [0.25, 0.3) is 11.4 Å². The number of nitro benzene ring substituents is 4. The molecule has 4 aromatic rings. The van der Waals surface area contributed by atoms with Gasteiger partial charge in [0.15, 0.2) is 0 Å².